The number of hydrogen-bond acceptors (Lipinski definition) is 5. The molecule has 0 saturated carbocycles. The number of benzene rings is 1. The largest absolute Gasteiger partial charge is 0.534 e. The molecule has 1 aromatic rings. The summed E-state index contributed by atoms with van der Waals surface area (Å²) >= 11 is 1.35. The fourth-order valence-electron chi connectivity index (χ4n) is 1.10. The number of alkyl halides is 3. The van der Waals surface area contributed by atoms with Crippen molar-refractivity contribution < 1.29 is 30.5 Å². The molecular formula is C8H5F3O4S2. The van der Waals surface area contributed by atoms with Crippen molar-refractivity contribution in [2.45, 2.75) is 10.4 Å². The summed E-state index contributed by atoms with van der Waals surface area (Å²) in [6.45, 7) is 0. The van der Waals surface area contributed by atoms with Crippen LogP contribution in [0.2, 0.25) is 0 Å². The number of fused-ring (bicyclic) bond motifs is 1. The van der Waals surface area contributed by atoms with Crippen LogP contribution in [0.3, 0.4) is 0 Å². The molecule has 0 spiro atoms. The van der Waals surface area contributed by atoms with Crippen LogP contribution >= 0.6 is 11.8 Å². The molecule has 4 nitrogen and oxygen atoms in total. The highest BCUT2D eigenvalue weighted by Crippen LogP contribution is 2.39. The van der Waals surface area contributed by atoms with Gasteiger partial charge in [-0.25, -0.2) is 0 Å². The first-order valence-corrected chi connectivity index (χ1v) is 6.59. The van der Waals surface area contributed by atoms with Crippen LogP contribution in [0.25, 0.3) is 0 Å². The van der Waals surface area contributed by atoms with Crippen LogP contribution in [-0.2, 0) is 10.1 Å². The zero-order valence-corrected chi connectivity index (χ0v) is 9.66. The molecule has 9 heteroatoms. The van der Waals surface area contributed by atoms with Crippen LogP contribution in [0.5, 0.6) is 11.5 Å². The lowest BCUT2D eigenvalue weighted by Crippen LogP contribution is -2.28. The SMILES string of the molecule is O=S(=O)(Oc1ccc2c(c1)OCS2)C(F)(F)F. The van der Waals surface area contributed by atoms with Crippen LogP contribution in [-0.4, -0.2) is 19.9 Å². The summed E-state index contributed by atoms with van der Waals surface area (Å²) in [6.07, 6.45) is 0. The third kappa shape index (κ3) is 2.44. The van der Waals surface area contributed by atoms with E-state index in [0.717, 1.165) is 17.0 Å². The average molecular weight is 286 g/mol. The maximum Gasteiger partial charge on any atom is 0.534 e. The summed E-state index contributed by atoms with van der Waals surface area (Å²) in [5.41, 5.74) is -5.44. The second kappa shape index (κ2) is 3.98. The first-order chi connectivity index (χ1) is 7.79. The van der Waals surface area contributed by atoms with Crippen molar-refractivity contribution in [3.8, 4) is 11.5 Å². The van der Waals surface area contributed by atoms with Crippen LogP contribution in [0, 0.1) is 0 Å². The molecule has 0 aromatic heterocycles. The van der Waals surface area contributed by atoms with Gasteiger partial charge in [0, 0.05) is 6.07 Å². The van der Waals surface area contributed by atoms with Crippen molar-refractivity contribution in [2.24, 2.45) is 0 Å². The Kier molecular flexibility index (Phi) is 2.90. The monoisotopic (exact) mass is 286 g/mol. The zero-order valence-electron chi connectivity index (χ0n) is 8.02. The molecular weight excluding hydrogens is 281 g/mol. The van der Waals surface area contributed by atoms with Gasteiger partial charge in [0.15, 0.2) is 0 Å². The molecule has 17 heavy (non-hydrogen) atoms. The van der Waals surface area contributed by atoms with E-state index >= 15 is 0 Å². The van der Waals surface area contributed by atoms with Crippen molar-refractivity contribution in [1.29, 1.82) is 0 Å². The Balaban J connectivity index is 2.26. The van der Waals surface area contributed by atoms with Gasteiger partial charge in [-0.2, -0.15) is 21.6 Å². The van der Waals surface area contributed by atoms with Gasteiger partial charge in [-0.1, -0.05) is 11.8 Å². The highest BCUT2D eigenvalue weighted by molar-refractivity contribution is 7.99. The molecule has 0 bridgehead atoms. The maximum absolute atomic E-state index is 12.0. The third-order valence-corrected chi connectivity index (χ3v) is 3.70. The topological polar surface area (TPSA) is 52.6 Å². The molecule has 1 heterocycles. The smallest absolute Gasteiger partial charge is 0.481 e. The summed E-state index contributed by atoms with van der Waals surface area (Å²) in [5, 5.41) is 0. The predicted octanol–water partition coefficient (Wildman–Crippen LogP) is 2.36. The summed E-state index contributed by atoms with van der Waals surface area (Å²) in [5.74, 6) is 0.221. The Hall–Kier alpha value is -1.09. The van der Waals surface area contributed by atoms with Gasteiger partial charge in [-0.15, -0.1) is 0 Å². The summed E-state index contributed by atoms with van der Waals surface area (Å²) < 4.78 is 66.6. The Morgan fingerprint density at radius 3 is 2.71 bits per heavy atom. The first kappa shape index (κ1) is 12.4. The number of rotatable bonds is 2. The lowest BCUT2D eigenvalue weighted by Gasteiger charge is -2.09. The summed E-state index contributed by atoms with van der Waals surface area (Å²) in [7, 11) is -5.63. The van der Waals surface area contributed by atoms with Crippen molar-refractivity contribution >= 4 is 21.9 Å². The van der Waals surface area contributed by atoms with Gasteiger partial charge in [0.1, 0.15) is 17.4 Å². The first-order valence-electron chi connectivity index (χ1n) is 4.20. The number of hydrogen-bond donors (Lipinski definition) is 0. The predicted molar refractivity (Wildman–Crippen MR) is 53.4 cm³/mol. The fourth-order valence-corrected chi connectivity index (χ4v) is 2.29. The van der Waals surface area contributed by atoms with Gasteiger partial charge >= 0.3 is 15.6 Å². The van der Waals surface area contributed by atoms with Crippen LogP contribution in [0.1, 0.15) is 0 Å². The van der Waals surface area contributed by atoms with Gasteiger partial charge in [-0.05, 0) is 12.1 Å². The van der Waals surface area contributed by atoms with Crippen LogP contribution < -0.4 is 8.92 Å². The van der Waals surface area contributed by atoms with Crippen molar-refractivity contribution in [1.82, 2.24) is 0 Å². The minimum Gasteiger partial charge on any atom is -0.481 e. The molecule has 0 aliphatic carbocycles. The summed E-state index contributed by atoms with van der Waals surface area (Å²) in [4.78, 5) is 0.724. The maximum atomic E-state index is 12.0. The van der Waals surface area contributed by atoms with E-state index in [4.69, 9.17) is 4.74 Å². The number of ether oxygens (including phenoxy) is 1. The number of halogens is 3. The van der Waals surface area contributed by atoms with Crippen molar-refractivity contribution in [3.63, 3.8) is 0 Å². The second-order valence-corrected chi connectivity index (χ2v) is 5.50. The molecule has 0 fully saturated rings. The molecule has 0 N–H and O–H groups in total. The minimum atomic E-state index is -5.63. The highest BCUT2D eigenvalue weighted by Gasteiger charge is 2.48. The molecule has 0 unspecified atom stereocenters. The molecule has 2 rings (SSSR count). The van der Waals surface area contributed by atoms with E-state index in [1.807, 2.05) is 0 Å². The van der Waals surface area contributed by atoms with E-state index in [1.54, 1.807) is 0 Å². The minimum absolute atomic E-state index is 0.310. The molecule has 1 aromatic carbocycles. The molecule has 0 amide bonds. The molecule has 0 atom stereocenters. The van der Waals surface area contributed by atoms with Crippen LogP contribution in [0.4, 0.5) is 13.2 Å². The normalized spacial score (nSPS) is 15.2. The molecule has 0 radical (unpaired) electrons. The standard InChI is InChI=1S/C8H5F3O4S2/c9-8(10,11)17(12,13)15-5-1-2-7-6(3-5)14-4-16-7/h1-3H,4H2. The Bertz CT molecular complexity index is 538. The van der Waals surface area contributed by atoms with E-state index < -0.39 is 21.4 Å². The molecule has 94 valence electrons. The Labute approximate surface area is 98.8 Å². The lowest BCUT2D eigenvalue weighted by molar-refractivity contribution is -0.0500. The molecule has 1 aliphatic heterocycles. The van der Waals surface area contributed by atoms with E-state index in [9.17, 15) is 21.6 Å². The third-order valence-electron chi connectivity index (χ3n) is 1.83. The molecule has 0 saturated heterocycles. The number of thioether (sulfide) groups is 1. The van der Waals surface area contributed by atoms with E-state index in [0.29, 0.717) is 11.7 Å². The fraction of sp³-hybridized carbons (Fsp3) is 0.250. The van der Waals surface area contributed by atoms with Gasteiger partial charge < -0.3 is 8.92 Å². The highest BCUT2D eigenvalue weighted by atomic mass is 32.2. The zero-order chi connectivity index (χ0) is 12.7. The summed E-state index contributed by atoms with van der Waals surface area (Å²) in [6, 6.07) is 3.69. The van der Waals surface area contributed by atoms with Gasteiger partial charge in [0.2, 0.25) is 0 Å². The van der Waals surface area contributed by atoms with Gasteiger partial charge in [0.05, 0.1) is 4.90 Å². The lowest BCUT2D eigenvalue weighted by atomic mass is 10.3. The van der Waals surface area contributed by atoms with Crippen LogP contribution in [0.15, 0.2) is 23.1 Å². The quantitative estimate of drug-likeness (QED) is 0.617. The van der Waals surface area contributed by atoms with E-state index in [1.165, 1.54) is 17.8 Å². The second-order valence-electron chi connectivity index (χ2n) is 3.00. The van der Waals surface area contributed by atoms with E-state index in [-0.39, 0.29) is 0 Å². The van der Waals surface area contributed by atoms with Gasteiger partial charge in [-0.3, -0.25) is 0 Å². The van der Waals surface area contributed by atoms with Crippen molar-refractivity contribution in [3.05, 3.63) is 18.2 Å². The Morgan fingerprint density at radius 1 is 1.35 bits per heavy atom. The van der Waals surface area contributed by atoms with E-state index in [2.05, 4.69) is 4.18 Å². The molecule has 1 aliphatic rings. The average Bonchev–Trinajstić information content (AvgIpc) is 2.62. The Morgan fingerprint density at radius 2 is 2.06 bits per heavy atom. The van der Waals surface area contributed by atoms with Crippen molar-refractivity contribution in [2.75, 3.05) is 5.94 Å². The van der Waals surface area contributed by atoms with Gasteiger partial charge in [0.25, 0.3) is 0 Å².